The van der Waals surface area contributed by atoms with Crippen molar-refractivity contribution in [3.05, 3.63) is 0 Å². The van der Waals surface area contributed by atoms with Gasteiger partial charge in [0.05, 0.1) is 6.26 Å². The number of rotatable bonds is 3. The molecule has 0 bridgehead atoms. The largest absolute Gasteiger partial charge is 0.310 e. The Labute approximate surface area is 98.4 Å². The van der Waals surface area contributed by atoms with Gasteiger partial charge < -0.3 is 5.32 Å². The minimum absolute atomic E-state index is 0.367. The fourth-order valence-corrected chi connectivity index (χ4v) is 3.72. The molecule has 0 radical (unpaired) electrons. The molecule has 4 nitrogen and oxygen atoms in total. The first kappa shape index (κ1) is 12.3. The third-order valence-corrected chi connectivity index (χ3v) is 4.95. The molecule has 2 rings (SSSR count). The highest BCUT2D eigenvalue weighted by atomic mass is 32.2. The lowest BCUT2D eigenvalue weighted by atomic mass is 10.1. The van der Waals surface area contributed by atoms with Gasteiger partial charge in [-0.25, -0.2) is 12.7 Å². The zero-order valence-corrected chi connectivity index (χ0v) is 10.8. The molecule has 1 saturated heterocycles. The van der Waals surface area contributed by atoms with Gasteiger partial charge in [-0.15, -0.1) is 0 Å². The van der Waals surface area contributed by atoms with Gasteiger partial charge in [-0.2, -0.15) is 0 Å². The highest BCUT2D eigenvalue weighted by Crippen LogP contribution is 2.20. The van der Waals surface area contributed by atoms with E-state index < -0.39 is 10.0 Å². The molecule has 0 amide bonds. The Kier molecular flexibility index (Phi) is 3.87. The van der Waals surface area contributed by atoms with Gasteiger partial charge in [-0.05, 0) is 25.7 Å². The van der Waals surface area contributed by atoms with Gasteiger partial charge in [0, 0.05) is 25.2 Å². The van der Waals surface area contributed by atoms with Crippen LogP contribution < -0.4 is 5.32 Å². The van der Waals surface area contributed by atoms with Crippen LogP contribution in [0.25, 0.3) is 0 Å². The first-order chi connectivity index (χ1) is 7.55. The average molecular weight is 246 g/mol. The number of nitrogens with one attached hydrogen (secondary N) is 1. The Hall–Kier alpha value is -0.130. The van der Waals surface area contributed by atoms with Crippen molar-refractivity contribution in [3.8, 4) is 0 Å². The first-order valence-corrected chi connectivity index (χ1v) is 8.12. The number of hydrogen-bond acceptors (Lipinski definition) is 3. The van der Waals surface area contributed by atoms with E-state index in [9.17, 15) is 8.42 Å². The predicted molar refractivity (Wildman–Crippen MR) is 64.8 cm³/mol. The number of hydrogen-bond donors (Lipinski definition) is 1. The lowest BCUT2D eigenvalue weighted by Gasteiger charge is -2.33. The number of nitrogens with zero attached hydrogens (tertiary/aromatic N) is 1. The van der Waals surface area contributed by atoms with Crippen LogP contribution in [0.1, 0.15) is 38.5 Å². The molecular formula is C11H22N2O2S. The van der Waals surface area contributed by atoms with E-state index in [0.717, 1.165) is 12.8 Å². The summed E-state index contributed by atoms with van der Waals surface area (Å²) in [6, 6.07) is 0.996. The summed E-state index contributed by atoms with van der Waals surface area (Å²) in [5.41, 5.74) is 0. The summed E-state index contributed by atoms with van der Waals surface area (Å²) in [5, 5.41) is 3.61. The lowest BCUT2D eigenvalue weighted by molar-refractivity contribution is 0.268. The van der Waals surface area contributed by atoms with E-state index in [2.05, 4.69) is 5.32 Å². The summed E-state index contributed by atoms with van der Waals surface area (Å²) in [6.07, 6.45) is 8.57. The second-order valence-corrected chi connectivity index (χ2v) is 7.09. The zero-order chi connectivity index (χ0) is 11.6. The molecule has 94 valence electrons. The summed E-state index contributed by atoms with van der Waals surface area (Å²) in [6.45, 7) is 1.36. The summed E-state index contributed by atoms with van der Waals surface area (Å²) < 4.78 is 24.5. The fourth-order valence-electron chi connectivity index (χ4n) is 2.81. The van der Waals surface area contributed by atoms with Crippen molar-refractivity contribution in [1.29, 1.82) is 0 Å². The van der Waals surface area contributed by atoms with Crippen LogP contribution in [0.4, 0.5) is 0 Å². The zero-order valence-electron chi connectivity index (χ0n) is 9.98. The summed E-state index contributed by atoms with van der Waals surface area (Å²) in [7, 11) is -3.00. The lowest BCUT2D eigenvalue weighted by Crippen LogP contribution is -2.49. The normalized spacial score (nSPS) is 29.7. The van der Waals surface area contributed by atoms with Crippen LogP contribution in [-0.4, -0.2) is 44.2 Å². The van der Waals surface area contributed by atoms with E-state index in [0.29, 0.717) is 25.2 Å². The van der Waals surface area contributed by atoms with E-state index in [1.807, 2.05) is 0 Å². The fraction of sp³-hybridized carbons (Fsp3) is 1.00. The van der Waals surface area contributed by atoms with Crippen LogP contribution in [0.3, 0.4) is 0 Å². The van der Waals surface area contributed by atoms with E-state index in [1.54, 1.807) is 4.31 Å². The molecule has 0 aromatic heterocycles. The number of sulfonamides is 1. The van der Waals surface area contributed by atoms with Gasteiger partial charge in [0.25, 0.3) is 0 Å². The topological polar surface area (TPSA) is 49.4 Å². The van der Waals surface area contributed by atoms with Crippen molar-refractivity contribution in [2.75, 3.05) is 19.3 Å². The van der Waals surface area contributed by atoms with E-state index >= 15 is 0 Å². The van der Waals surface area contributed by atoms with Crippen molar-refractivity contribution in [1.82, 2.24) is 9.62 Å². The van der Waals surface area contributed by atoms with Gasteiger partial charge in [-0.3, -0.25) is 0 Å². The number of piperidine rings is 1. The van der Waals surface area contributed by atoms with Crippen LogP contribution >= 0.6 is 0 Å². The maximum Gasteiger partial charge on any atom is 0.211 e. The molecule has 1 saturated carbocycles. The molecule has 1 unspecified atom stereocenters. The summed E-state index contributed by atoms with van der Waals surface area (Å²) in [5.74, 6) is 0. The SMILES string of the molecule is CS(=O)(=O)N1CCCC(NC2CCCC2)C1. The molecular weight excluding hydrogens is 224 g/mol. The molecule has 1 aliphatic heterocycles. The maximum absolute atomic E-state index is 11.5. The van der Waals surface area contributed by atoms with Crippen molar-refractivity contribution in [3.63, 3.8) is 0 Å². The Morgan fingerprint density at radius 2 is 1.69 bits per heavy atom. The monoisotopic (exact) mass is 246 g/mol. The quantitative estimate of drug-likeness (QED) is 0.806. The third-order valence-electron chi connectivity index (χ3n) is 3.68. The maximum atomic E-state index is 11.5. The molecule has 0 aromatic rings. The van der Waals surface area contributed by atoms with Gasteiger partial charge in [-0.1, -0.05) is 12.8 Å². The van der Waals surface area contributed by atoms with Gasteiger partial charge in [0.1, 0.15) is 0 Å². The van der Waals surface area contributed by atoms with Crippen LogP contribution in [0.2, 0.25) is 0 Å². The second kappa shape index (κ2) is 5.02. The van der Waals surface area contributed by atoms with Crippen LogP contribution in [0, 0.1) is 0 Å². The molecule has 2 aliphatic rings. The van der Waals surface area contributed by atoms with Crippen molar-refractivity contribution < 1.29 is 8.42 Å². The Morgan fingerprint density at radius 1 is 1.06 bits per heavy atom. The minimum atomic E-state index is -3.00. The van der Waals surface area contributed by atoms with E-state index in [-0.39, 0.29) is 0 Å². The van der Waals surface area contributed by atoms with Crippen molar-refractivity contribution in [2.45, 2.75) is 50.6 Å². The third kappa shape index (κ3) is 3.18. The first-order valence-electron chi connectivity index (χ1n) is 6.27. The van der Waals surface area contributed by atoms with Crippen molar-refractivity contribution in [2.24, 2.45) is 0 Å². The smallest absolute Gasteiger partial charge is 0.211 e. The summed E-state index contributed by atoms with van der Waals surface area (Å²) >= 11 is 0. The van der Waals surface area contributed by atoms with Crippen LogP contribution in [0.5, 0.6) is 0 Å². The van der Waals surface area contributed by atoms with E-state index in [4.69, 9.17) is 0 Å². The van der Waals surface area contributed by atoms with Crippen LogP contribution in [0.15, 0.2) is 0 Å². The van der Waals surface area contributed by atoms with Gasteiger partial charge in [0.2, 0.25) is 10.0 Å². The Balaban J connectivity index is 1.86. The standard InChI is InChI=1S/C11H22N2O2S/c1-16(14,15)13-8-4-7-11(9-13)12-10-5-2-3-6-10/h10-12H,2-9H2,1H3. The molecule has 0 spiro atoms. The molecule has 5 heteroatoms. The highest BCUT2D eigenvalue weighted by Gasteiger charge is 2.27. The Bertz CT molecular complexity index is 323. The van der Waals surface area contributed by atoms with Gasteiger partial charge >= 0.3 is 0 Å². The molecule has 1 aliphatic carbocycles. The summed E-state index contributed by atoms with van der Waals surface area (Å²) in [4.78, 5) is 0. The second-order valence-electron chi connectivity index (χ2n) is 5.11. The molecule has 0 aromatic carbocycles. The van der Waals surface area contributed by atoms with Crippen LogP contribution in [-0.2, 0) is 10.0 Å². The average Bonchev–Trinajstić information content (AvgIpc) is 2.70. The highest BCUT2D eigenvalue weighted by molar-refractivity contribution is 7.88. The molecule has 16 heavy (non-hydrogen) atoms. The van der Waals surface area contributed by atoms with Gasteiger partial charge in [0.15, 0.2) is 0 Å². The molecule has 1 atom stereocenters. The van der Waals surface area contributed by atoms with E-state index in [1.165, 1.54) is 31.9 Å². The molecule has 2 fully saturated rings. The Morgan fingerprint density at radius 3 is 2.31 bits per heavy atom. The minimum Gasteiger partial charge on any atom is -0.310 e. The molecule has 1 N–H and O–H groups in total. The predicted octanol–water partition coefficient (Wildman–Crippen LogP) is 0.943. The van der Waals surface area contributed by atoms with Crippen molar-refractivity contribution >= 4 is 10.0 Å². The molecule has 1 heterocycles.